The quantitative estimate of drug-likeness (QED) is 0.513. The fraction of sp³-hybridized carbons (Fsp3) is 0.500. The second-order valence-corrected chi connectivity index (χ2v) is 9.27. The molecule has 0 bridgehead atoms. The van der Waals surface area contributed by atoms with Crippen molar-refractivity contribution in [2.24, 2.45) is 0 Å². The van der Waals surface area contributed by atoms with Gasteiger partial charge in [0.1, 0.15) is 12.2 Å². The fourth-order valence-corrected chi connectivity index (χ4v) is 5.14. The summed E-state index contributed by atoms with van der Waals surface area (Å²) >= 11 is 6.00. The molecule has 13 heteroatoms. The summed E-state index contributed by atoms with van der Waals surface area (Å²) in [6.45, 7) is 1.78. The molecule has 1 aromatic carbocycles. The van der Waals surface area contributed by atoms with E-state index in [-0.39, 0.29) is 24.3 Å². The first-order valence-electron chi connectivity index (χ1n) is 11.8. The molecule has 0 unspecified atom stereocenters. The number of carbonyl (C=O) groups is 2. The summed E-state index contributed by atoms with van der Waals surface area (Å²) in [6, 6.07) is 2.76. The van der Waals surface area contributed by atoms with Crippen molar-refractivity contribution in [3.05, 3.63) is 66.9 Å². The lowest BCUT2D eigenvalue weighted by Crippen LogP contribution is -2.45. The number of benzene rings is 1. The first kappa shape index (κ1) is 26.8. The van der Waals surface area contributed by atoms with Gasteiger partial charge in [-0.1, -0.05) is 23.7 Å². The lowest BCUT2D eigenvalue weighted by molar-refractivity contribution is -0.137. The molecule has 0 radical (unpaired) electrons. The Morgan fingerprint density at radius 3 is 2.41 bits per heavy atom. The minimum absolute atomic E-state index is 0.0199. The molecular formula is C24H25ClF3N3O6. The van der Waals surface area contributed by atoms with Gasteiger partial charge in [0, 0.05) is 18.3 Å². The molecule has 4 rings (SSSR count). The first-order chi connectivity index (χ1) is 17.5. The summed E-state index contributed by atoms with van der Waals surface area (Å²) < 4.78 is 52.0. The highest BCUT2D eigenvalue weighted by atomic mass is 35.5. The number of hydrogen-bond donors (Lipinski definition) is 0. The Morgan fingerprint density at radius 2 is 1.81 bits per heavy atom. The molecule has 2 heterocycles. The number of ether oxygens (including phenoxy) is 2. The van der Waals surface area contributed by atoms with Crippen LogP contribution in [0.25, 0.3) is 0 Å². The molecule has 200 valence electrons. The summed E-state index contributed by atoms with van der Waals surface area (Å²) in [5.41, 5.74) is -3.37. The zero-order chi connectivity index (χ0) is 26.9. The van der Waals surface area contributed by atoms with Gasteiger partial charge in [-0.25, -0.2) is 14.4 Å². The smallest absolute Gasteiger partial charge is 0.417 e. The van der Waals surface area contributed by atoms with Crippen LogP contribution in [0.4, 0.5) is 18.0 Å². The van der Waals surface area contributed by atoms with Crippen molar-refractivity contribution in [3.63, 3.8) is 0 Å². The minimum Gasteiger partial charge on any atom is -0.462 e. The molecule has 0 N–H and O–H groups in total. The molecule has 1 aromatic heterocycles. The van der Waals surface area contributed by atoms with Gasteiger partial charge in [0.25, 0.3) is 5.56 Å². The van der Waals surface area contributed by atoms with Gasteiger partial charge < -0.3 is 14.4 Å². The monoisotopic (exact) mass is 543 g/mol. The van der Waals surface area contributed by atoms with Crippen LogP contribution in [-0.2, 0) is 22.2 Å². The zero-order valence-electron chi connectivity index (χ0n) is 19.9. The maximum atomic E-state index is 13.4. The van der Waals surface area contributed by atoms with Crippen molar-refractivity contribution in [2.45, 2.75) is 57.4 Å². The maximum absolute atomic E-state index is 13.4. The summed E-state index contributed by atoms with van der Waals surface area (Å²) in [7, 11) is 0. The lowest BCUT2D eigenvalue weighted by Gasteiger charge is -2.34. The van der Waals surface area contributed by atoms with E-state index >= 15 is 0 Å². The highest BCUT2D eigenvalue weighted by molar-refractivity contribution is 6.32. The molecule has 1 aliphatic carbocycles. The number of halogens is 4. The summed E-state index contributed by atoms with van der Waals surface area (Å²) in [5.74, 6) is -0.946. The van der Waals surface area contributed by atoms with Gasteiger partial charge in [0.05, 0.1) is 30.3 Å². The van der Waals surface area contributed by atoms with Crippen LogP contribution in [0.3, 0.4) is 0 Å². The molecule has 1 amide bonds. The van der Waals surface area contributed by atoms with Crippen LogP contribution in [0.1, 0.15) is 60.1 Å². The van der Waals surface area contributed by atoms with Crippen molar-refractivity contribution in [1.29, 1.82) is 0 Å². The topological polar surface area (TPSA) is 99.8 Å². The van der Waals surface area contributed by atoms with Crippen LogP contribution in [0.15, 0.2) is 34.0 Å². The molecule has 1 saturated carbocycles. The molecule has 2 fully saturated rings. The van der Waals surface area contributed by atoms with E-state index in [0.717, 1.165) is 18.3 Å². The standard InChI is InChI=1S/C24H25ClF3N3O6/c1-2-36-21(33)17-13-30(16-8-6-15(7-9-16)29-10-11-37-23(29)35)22(34)31(20(17)32)12-14-4-3-5-18(19(14)25)24(26,27)28/h3-5,13,15-16H,2,6-12H2,1H3/t15-,16-. The van der Waals surface area contributed by atoms with Crippen molar-refractivity contribution in [1.82, 2.24) is 14.0 Å². The molecule has 0 atom stereocenters. The Balaban J connectivity index is 1.71. The molecule has 1 saturated heterocycles. The van der Waals surface area contributed by atoms with E-state index in [0.29, 0.717) is 43.4 Å². The average molecular weight is 544 g/mol. The third kappa shape index (κ3) is 5.39. The van der Waals surface area contributed by atoms with Crippen LogP contribution in [0, 0.1) is 0 Å². The second kappa shape index (κ2) is 10.6. The molecule has 1 aliphatic heterocycles. The normalized spacial score (nSPS) is 20.1. The molecule has 2 aromatic rings. The first-order valence-corrected chi connectivity index (χ1v) is 12.2. The van der Waals surface area contributed by atoms with Gasteiger partial charge >= 0.3 is 23.9 Å². The third-order valence-electron chi connectivity index (χ3n) is 6.70. The van der Waals surface area contributed by atoms with Gasteiger partial charge in [-0.2, -0.15) is 13.2 Å². The Kier molecular flexibility index (Phi) is 7.67. The maximum Gasteiger partial charge on any atom is 0.417 e. The lowest BCUT2D eigenvalue weighted by atomic mass is 9.90. The fourth-order valence-electron chi connectivity index (χ4n) is 4.85. The molecule has 2 aliphatic rings. The predicted octanol–water partition coefficient (Wildman–Crippen LogP) is 3.84. The van der Waals surface area contributed by atoms with Gasteiger partial charge in [-0.15, -0.1) is 0 Å². The number of esters is 1. The highest BCUT2D eigenvalue weighted by Gasteiger charge is 2.35. The molecule has 9 nitrogen and oxygen atoms in total. The molecule has 37 heavy (non-hydrogen) atoms. The van der Waals surface area contributed by atoms with Crippen molar-refractivity contribution >= 4 is 23.7 Å². The molecule has 0 spiro atoms. The van der Waals surface area contributed by atoms with E-state index in [4.69, 9.17) is 21.1 Å². The number of cyclic esters (lactones) is 1. The van der Waals surface area contributed by atoms with E-state index in [1.54, 1.807) is 11.8 Å². The Hall–Kier alpha value is -3.28. The average Bonchev–Trinajstić information content (AvgIpc) is 3.28. The number of hydrogen-bond acceptors (Lipinski definition) is 6. The van der Waals surface area contributed by atoms with Crippen LogP contribution in [-0.4, -0.2) is 51.9 Å². The van der Waals surface area contributed by atoms with E-state index in [1.165, 1.54) is 10.6 Å². The number of rotatable bonds is 6. The number of carbonyl (C=O) groups excluding carboxylic acids is 2. The summed E-state index contributed by atoms with van der Waals surface area (Å²) in [5, 5.41) is -0.632. The summed E-state index contributed by atoms with van der Waals surface area (Å²) in [4.78, 5) is 52.7. The van der Waals surface area contributed by atoms with Crippen LogP contribution in [0.5, 0.6) is 0 Å². The van der Waals surface area contributed by atoms with E-state index < -0.39 is 52.1 Å². The Bertz CT molecular complexity index is 1310. The van der Waals surface area contributed by atoms with E-state index in [1.807, 2.05) is 0 Å². The van der Waals surface area contributed by atoms with Crippen molar-refractivity contribution < 1.29 is 32.2 Å². The van der Waals surface area contributed by atoms with Crippen LogP contribution in [0.2, 0.25) is 5.02 Å². The van der Waals surface area contributed by atoms with Gasteiger partial charge in [-0.05, 0) is 44.2 Å². The van der Waals surface area contributed by atoms with Gasteiger partial charge in [-0.3, -0.25) is 13.9 Å². The predicted molar refractivity (Wildman–Crippen MR) is 126 cm³/mol. The number of alkyl halides is 3. The SMILES string of the molecule is CCOC(=O)c1cn([C@H]2CC[C@H](N3CCOC3=O)CC2)c(=O)n(Cc2cccc(C(F)(F)F)c2Cl)c1=O. The van der Waals surface area contributed by atoms with Crippen LogP contribution >= 0.6 is 11.6 Å². The van der Waals surface area contributed by atoms with Gasteiger partial charge in [0.2, 0.25) is 0 Å². The number of aromatic nitrogens is 2. The summed E-state index contributed by atoms with van der Waals surface area (Å²) in [6.07, 6.45) is -1.87. The number of nitrogens with zero attached hydrogens (tertiary/aromatic N) is 3. The van der Waals surface area contributed by atoms with E-state index in [2.05, 4.69) is 0 Å². The third-order valence-corrected chi connectivity index (χ3v) is 7.14. The van der Waals surface area contributed by atoms with E-state index in [9.17, 15) is 32.3 Å². The van der Waals surface area contributed by atoms with Crippen molar-refractivity contribution in [2.75, 3.05) is 19.8 Å². The highest BCUT2D eigenvalue weighted by Crippen LogP contribution is 2.36. The number of amides is 1. The minimum atomic E-state index is -4.73. The zero-order valence-corrected chi connectivity index (χ0v) is 20.7. The Labute approximate surface area is 214 Å². The largest absolute Gasteiger partial charge is 0.462 e. The second-order valence-electron chi connectivity index (χ2n) is 8.89. The molecular weight excluding hydrogens is 519 g/mol. The van der Waals surface area contributed by atoms with Crippen LogP contribution < -0.4 is 11.2 Å². The Morgan fingerprint density at radius 1 is 1.14 bits per heavy atom. The van der Waals surface area contributed by atoms with Crippen molar-refractivity contribution in [3.8, 4) is 0 Å². The van der Waals surface area contributed by atoms with Gasteiger partial charge in [0.15, 0.2) is 0 Å².